The standard InChI is InChI=1S/C12H14N4O4S/c1-15-6-8(5-13-15)14-21(19,20)10-4-11(12(17)18)16(7-10)9-2-3-9/h4-7,9,14H,2-3H2,1H3,(H,17,18). The van der Waals surface area contributed by atoms with Crippen LogP contribution in [0, 0.1) is 0 Å². The molecule has 21 heavy (non-hydrogen) atoms. The first-order valence-electron chi connectivity index (χ1n) is 6.33. The van der Waals surface area contributed by atoms with Crippen LogP contribution in [0.3, 0.4) is 0 Å². The van der Waals surface area contributed by atoms with Gasteiger partial charge < -0.3 is 9.67 Å². The molecule has 0 unspecified atom stereocenters. The maximum Gasteiger partial charge on any atom is 0.352 e. The van der Waals surface area contributed by atoms with Crippen molar-refractivity contribution in [2.24, 2.45) is 7.05 Å². The van der Waals surface area contributed by atoms with Crippen LogP contribution in [0.4, 0.5) is 5.69 Å². The first-order chi connectivity index (χ1) is 9.87. The third-order valence-corrected chi connectivity index (χ3v) is 4.60. The van der Waals surface area contributed by atoms with Crippen molar-refractivity contribution >= 4 is 21.7 Å². The minimum atomic E-state index is -3.83. The van der Waals surface area contributed by atoms with Crippen LogP contribution in [0.1, 0.15) is 29.4 Å². The van der Waals surface area contributed by atoms with E-state index in [2.05, 4.69) is 9.82 Å². The van der Waals surface area contributed by atoms with Crippen molar-refractivity contribution in [3.63, 3.8) is 0 Å². The Morgan fingerprint density at radius 2 is 2.14 bits per heavy atom. The minimum absolute atomic E-state index is 0.0101. The number of carboxylic acid groups (broad SMARTS) is 1. The second kappa shape index (κ2) is 4.62. The molecule has 2 heterocycles. The Labute approximate surface area is 121 Å². The lowest BCUT2D eigenvalue weighted by atomic mass is 10.4. The Morgan fingerprint density at radius 1 is 1.43 bits per heavy atom. The van der Waals surface area contributed by atoms with Crippen LogP contribution in [0.25, 0.3) is 0 Å². The molecule has 2 aromatic rings. The number of sulfonamides is 1. The molecule has 0 spiro atoms. The van der Waals surface area contributed by atoms with Crippen molar-refractivity contribution in [3.8, 4) is 0 Å². The Bertz CT molecular complexity index is 801. The highest BCUT2D eigenvalue weighted by molar-refractivity contribution is 7.92. The second-order valence-electron chi connectivity index (χ2n) is 5.01. The SMILES string of the molecule is Cn1cc(NS(=O)(=O)c2cc(C(=O)O)n(C3CC3)c2)cn1. The molecule has 1 aliphatic carbocycles. The molecular formula is C12H14N4O4S. The quantitative estimate of drug-likeness (QED) is 0.858. The van der Waals surface area contributed by atoms with E-state index in [1.165, 1.54) is 33.9 Å². The van der Waals surface area contributed by atoms with Crippen molar-refractivity contribution in [1.29, 1.82) is 0 Å². The molecule has 1 fully saturated rings. The Morgan fingerprint density at radius 3 is 2.67 bits per heavy atom. The van der Waals surface area contributed by atoms with Crippen molar-refractivity contribution < 1.29 is 18.3 Å². The second-order valence-corrected chi connectivity index (χ2v) is 6.70. The number of carboxylic acids is 1. The summed E-state index contributed by atoms with van der Waals surface area (Å²) in [6.07, 6.45) is 6.01. The Hall–Kier alpha value is -2.29. The van der Waals surface area contributed by atoms with E-state index in [1.807, 2.05) is 0 Å². The third-order valence-electron chi connectivity index (χ3n) is 3.25. The number of nitrogens with one attached hydrogen (secondary N) is 1. The zero-order valence-corrected chi connectivity index (χ0v) is 12.0. The van der Waals surface area contributed by atoms with E-state index in [-0.39, 0.29) is 16.6 Å². The minimum Gasteiger partial charge on any atom is -0.477 e. The smallest absolute Gasteiger partial charge is 0.352 e. The number of aromatic nitrogens is 3. The lowest BCUT2D eigenvalue weighted by Gasteiger charge is -2.03. The van der Waals surface area contributed by atoms with Gasteiger partial charge in [-0.15, -0.1) is 0 Å². The molecule has 3 rings (SSSR count). The van der Waals surface area contributed by atoms with Crippen LogP contribution in [0.5, 0.6) is 0 Å². The van der Waals surface area contributed by atoms with Crippen LogP contribution in [0.15, 0.2) is 29.6 Å². The van der Waals surface area contributed by atoms with Crippen molar-refractivity contribution in [2.45, 2.75) is 23.8 Å². The normalized spacial score (nSPS) is 15.1. The molecular weight excluding hydrogens is 296 g/mol. The molecule has 0 atom stereocenters. The average molecular weight is 310 g/mol. The fourth-order valence-corrected chi connectivity index (χ4v) is 3.17. The van der Waals surface area contributed by atoms with E-state index in [0.717, 1.165) is 12.8 Å². The van der Waals surface area contributed by atoms with Gasteiger partial charge in [0.05, 0.1) is 11.9 Å². The van der Waals surface area contributed by atoms with Gasteiger partial charge in [0, 0.05) is 25.5 Å². The van der Waals surface area contributed by atoms with Gasteiger partial charge in [0.15, 0.2) is 0 Å². The molecule has 9 heteroatoms. The molecule has 0 bridgehead atoms. The molecule has 2 aromatic heterocycles. The molecule has 112 valence electrons. The van der Waals surface area contributed by atoms with Gasteiger partial charge in [-0.2, -0.15) is 5.10 Å². The van der Waals surface area contributed by atoms with Gasteiger partial charge in [0.1, 0.15) is 10.6 Å². The first kappa shape index (κ1) is 13.7. The summed E-state index contributed by atoms with van der Waals surface area (Å²) in [5.41, 5.74) is 0.317. The van der Waals surface area contributed by atoms with E-state index in [0.29, 0.717) is 5.69 Å². The highest BCUT2D eigenvalue weighted by atomic mass is 32.2. The first-order valence-corrected chi connectivity index (χ1v) is 7.82. The number of hydrogen-bond acceptors (Lipinski definition) is 4. The van der Waals surface area contributed by atoms with Crippen LogP contribution >= 0.6 is 0 Å². The largest absolute Gasteiger partial charge is 0.477 e. The summed E-state index contributed by atoms with van der Waals surface area (Å²) < 4.78 is 29.9. The molecule has 0 radical (unpaired) electrons. The summed E-state index contributed by atoms with van der Waals surface area (Å²) in [6, 6.07) is 1.26. The highest BCUT2D eigenvalue weighted by Crippen LogP contribution is 2.37. The summed E-state index contributed by atoms with van der Waals surface area (Å²) in [5.74, 6) is -1.13. The van der Waals surface area contributed by atoms with E-state index in [1.54, 1.807) is 7.05 Å². The summed E-state index contributed by atoms with van der Waals surface area (Å²) in [6.45, 7) is 0. The number of anilines is 1. The van der Waals surface area contributed by atoms with E-state index in [9.17, 15) is 13.2 Å². The highest BCUT2D eigenvalue weighted by Gasteiger charge is 2.30. The zero-order valence-electron chi connectivity index (χ0n) is 11.2. The van der Waals surface area contributed by atoms with Crippen LogP contribution in [0.2, 0.25) is 0 Å². The summed E-state index contributed by atoms with van der Waals surface area (Å²) in [4.78, 5) is 11.1. The molecule has 1 aliphatic rings. The molecule has 8 nitrogen and oxygen atoms in total. The van der Waals surface area contributed by atoms with Gasteiger partial charge in [-0.3, -0.25) is 9.40 Å². The van der Waals surface area contributed by atoms with Gasteiger partial charge in [0.25, 0.3) is 10.0 Å². The maximum atomic E-state index is 12.3. The van der Waals surface area contributed by atoms with Gasteiger partial charge in [-0.05, 0) is 18.9 Å². The van der Waals surface area contributed by atoms with Gasteiger partial charge in [-0.25, -0.2) is 13.2 Å². The molecule has 2 N–H and O–H groups in total. The van der Waals surface area contributed by atoms with E-state index in [4.69, 9.17) is 5.11 Å². The average Bonchev–Trinajstić information content (AvgIpc) is 2.99. The van der Waals surface area contributed by atoms with Crippen LogP contribution < -0.4 is 4.72 Å². The summed E-state index contributed by atoms with van der Waals surface area (Å²) >= 11 is 0. The van der Waals surface area contributed by atoms with Gasteiger partial charge >= 0.3 is 5.97 Å². The molecule has 1 saturated carbocycles. The number of nitrogens with zero attached hydrogens (tertiary/aromatic N) is 3. The number of carbonyl (C=O) groups is 1. The molecule has 0 saturated heterocycles. The predicted molar refractivity (Wildman–Crippen MR) is 73.7 cm³/mol. The Balaban J connectivity index is 1.95. The number of hydrogen-bond donors (Lipinski definition) is 2. The zero-order chi connectivity index (χ0) is 15.2. The van der Waals surface area contributed by atoms with E-state index >= 15 is 0 Å². The maximum absolute atomic E-state index is 12.3. The third kappa shape index (κ3) is 2.64. The fourth-order valence-electron chi connectivity index (χ4n) is 2.12. The van der Waals surface area contributed by atoms with Crippen LogP contribution in [-0.4, -0.2) is 33.8 Å². The topological polar surface area (TPSA) is 106 Å². The van der Waals surface area contributed by atoms with Crippen molar-refractivity contribution in [3.05, 3.63) is 30.4 Å². The van der Waals surface area contributed by atoms with Gasteiger partial charge in [0.2, 0.25) is 0 Å². The summed E-state index contributed by atoms with van der Waals surface area (Å²) in [7, 11) is -2.16. The lowest BCUT2D eigenvalue weighted by molar-refractivity contribution is 0.0685. The number of aryl methyl sites for hydroxylation is 1. The number of rotatable bonds is 5. The van der Waals surface area contributed by atoms with E-state index < -0.39 is 16.0 Å². The van der Waals surface area contributed by atoms with Crippen molar-refractivity contribution in [2.75, 3.05) is 4.72 Å². The fraction of sp³-hybridized carbons (Fsp3) is 0.333. The van der Waals surface area contributed by atoms with Gasteiger partial charge in [-0.1, -0.05) is 0 Å². The van der Waals surface area contributed by atoms with Crippen molar-refractivity contribution in [1.82, 2.24) is 14.3 Å². The lowest BCUT2D eigenvalue weighted by Crippen LogP contribution is -2.11. The summed E-state index contributed by atoms with van der Waals surface area (Å²) in [5, 5.41) is 13.0. The Kier molecular flexibility index (Phi) is 3.01. The van der Waals surface area contributed by atoms with Crippen LogP contribution in [-0.2, 0) is 17.1 Å². The molecule has 0 aliphatic heterocycles. The predicted octanol–water partition coefficient (Wildman–Crippen LogP) is 1.06. The molecule has 0 amide bonds. The molecule has 0 aromatic carbocycles. The monoisotopic (exact) mass is 310 g/mol. The number of aromatic carboxylic acids is 1.